The summed E-state index contributed by atoms with van der Waals surface area (Å²) in [6.45, 7) is 5.18. The molecule has 0 radical (unpaired) electrons. The van der Waals surface area contributed by atoms with Crippen LogP contribution in [0.2, 0.25) is 0 Å². The standard InChI is InChI=1S/C13H16FNO3/c1-8(2)15-13(17)9(3)18-12-5-4-10(7-16)6-11(12)14/h4-9H,1-3H3,(H,15,17). The summed E-state index contributed by atoms with van der Waals surface area (Å²) in [6.07, 6.45) is -0.258. The molecule has 0 fully saturated rings. The van der Waals surface area contributed by atoms with E-state index in [1.54, 1.807) is 0 Å². The van der Waals surface area contributed by atoms with Crippen molar-refractivity contribution in [2.45, 2.75) is 32.9 Å². The van der Waals surface area contributed by atoms with Crippen LogP contribution in [-0.2, 0) is 4.79 Å². The van der Waals surface area contributed by atoms with Gasteiger partial charge in [0.05, 0.1) is 0 Å². The van der Waals surface area contributed by atoms with Crippen molar-refractivity contribution in [2.24, 2.45) is 0 Å². The Balaban J connectivity index is 2.72. The number of nitrogens with one attached hydrogen (secondary N) is 1. The fourth-order valence-corrected chi connectivity index (χ4v) is 1.33. The zero-order valence-corrected chi connectivity index (χ0v) is 10.6. The zero-order valence-electron chi connectivity index (χ0n) is 10.6. The molecule has 0 bridgehead atoms. The van der Waals surface area contributed by atoms with Crippen LogP contribution in [0, 0.1) is 5.82 Å². The van der Waals surface area contributed by atoms with Crippen LogP contribution in [0.1, 0.15) is 31.1 Å². The van der Waals surface area contributed by atoms with Gasteiger partial charge in [-0.15, -0.1) is 0 Å². The van der Waals surface area contributed by atoms with Crippen LogP contribution >= 0.6 is 0 Å². The molecule has 1 aromatic rings. The van der Waals surface area contributed by atoms with E-state index in [9.17, 15) is 14.0 Å². The van der Waals surface area contributed by atoms with Crippen LogP contribution in [0.15, 0.2) is 18.2 Å². The van der Waals surface area contributed by atoms with Crippen LogP contribution in [0.4, 0.5) is 4.39 Å². The van der Waals surface area contributed by atoms with E-state index in [4.69, 9.17) is 4.74 Å². The van der Waals surface area contributed by atoms with E-state index < -0.39 is 11.9 Å². The third-order valence-corrected chi connectivity index (χ3v) is 2.20. The van der Waals surface area contributed by atoms with Gasteiger partial charge in [0.2, 0.25) is 0 Å². The SMILES string of the molecule is CC(C)NC(=O)C(C)Oc1ccc(C=O)cc1F. The first-order valence-electron chi connectivity index (χ1n) is 5.65. The van der Waals surface area contributed by atoms with E-state index in [1.165, 1.54) is 19.1 Å². The highest BCUT2D eigenvalue weighted by Gasteiger charge is 2.17. The highest BCUT2D eigenvalue weighted by atomic mass is 19.1. The first-order chi connectivity index (χ1) is 8.43. The van der Waals surface area contributed by atoms with Gasteiger partial charge in [-0.05, 0) is 39.0 Å². The third-order valence-electron chi connectivity index (χ3n) is 2.20. The van der Waals surface area contributed by atoms with Crippen molar-refractivity contribution < 1.29 is 18.7 Å². The van der Waals surface area contributed by atoms with Crippen LogP contribution in [0.25, 0.3) is 0 Å². The van der Waals surface area contributed by atoms with E-state index in [0.717, 1.165) is 6.07 Å². The van der Waals surface area contributed by atoms with E-state index >= 15 is 0 Å². The minimum atomic E-state index is -0.802. The highest BCUT2D eigenvalue weighted by molar-refractivity contribution is 5.81. The number of halogens is 1. The van der Waals surface area contributed by atoms with E-state index in [-0.39, 0.29) is 23.3 Å². The van der Waals surface area contributed by atoms with Gasteiger partial charge in [0.15, 0.2) is 17.7 Å². The number of ether oxygens (including phenoxy) is 1. The van der Waals surface area contributed by atoms with E-state index in [2.05, 4.69) is 5.32 Å². The number of carbonyl (C=O) groups is 2. The zero-order chi connectivity index (χ0) is 13.7. The Kier molecular flexibility index (Phi) is 4.83. The lowest BCUT2D eigenvalue weighted by molar-refractivity contribution is -0.127. The number of carbonyl (C=O) groups excluding carboxylic acids is 2. The molecule has 0 heterocycles. The second-order valence-electron chi connectivity index (χ2n) is 4.23. The Hall–Kier alpha value is -1.91. The van der Waals surface area contributed by atoms with Gasteiger partial charge in [0, 0.05) is 11.6 Å². The lowest BCUT2D eigenvalue weighted by Crippen LogP contribution is -2.40. The largest absolute Gasteiger partial charge is 0.478 e. The summed E-state index contributed by atoms with van der Waals surface area (Å²) in [7, 11) is 0. The van der Waals surface area contributed by atoms with Gasteiger partial charge < -0.3 is 10.1 Å². The molecule has 0 aliphatic carbocycles. The molecule has 1 rings (SSSR count). The van der Waals surface area contributed by atoms with Gasteiger partial charge in [-0.1, -0.05) is 0 Å². The molecule has 1 N–H and O–H groups in total. The lowest BCUT2D eigenvalue weighted by Gasteiger charge is -2.16. The third kappa shape index (κ3) is 3.84. The average Bonchev–Trinajstić information content (AvgIpc) is 2.30. The molecule has 1 atom stereocenters. The predicted octanol–water partition coefficient (Wildman–Crippen LogP) is 1.93. The monoisotopic (exact) mass is 253 g/mol. The molecular formula is C13H16FNO3. The Bertz CT molecular complexity index is 446. The fourth-order valence-electron chi connectivity index (χ4n) is 1.33. The minimum Gasteiger partial charge on any atom is -0.478 e. The molecule has 0 saturated heterocycles. The first kappa shape index (κ1) is 14.2. The molecule has 0 aliphatic rings. The number of benzene rings is 1. The van der Waals surface area contributed by atoms with Crippen molar-refractivity contribution in [3.05, 3.63) is 29.6 Å². The molecule has 1 amide bonds. The van der Waals surface area contributed by atoms with Crippen molar-refractivity contribution >= 4 is 12.2 Å². The van der Waals surface area contributed by atoms with E-state index in [0.29, 0.717) is 6.29 Å². The molecule has 18 heavy (non-hydrogen) atoms. The molecule has 0 aliphatic heterocycles. The molecule has 4 nitrogen and oxygen atoms in total. The molecule has 0 spiro atoms. The summed E-state index contributed by atoms with van der Waals surface area (Å²) in [5.41, 5.74) is 0.221. The summed E-state index contributed by atoms with van der Waals surface area (Å²) in [5.74, 6) is -1.03. The van der Waals surface area contributed by atoms with Gasteiger partial charge in [-0.3, -0.25) is 9.59 Å². The van der Waals surface area contributed by atoms with Crippen molar-refractivity contribution in [3.63, 3.8) is 0 Å². The van der Waals surface area contributed by atoms with Gasteiger partial charge in [0.25, 0.3) is 5.91 Å². The average molecular weight is 253 g/mol. The minimum absolute atomic E-state index is 0.00848. The molecule has 0 saturated carbocycles. The van der Waals surface area contributed by atoms with Crippen molar-refractivity contribution in [1.29, 1.82) is 0 Å². The molecular weight excluding hydrogens is 237 g/mol. The summed E-state index contributed by atoms with van der Waals surface area (Å²) in [4.78, 5) is 22.0. The number of rotatable bonds is 5. The maximum absolute atomic E-state index is 13.5. The lowest BCUT2D eigenvalue weighted by atomic mass is 10.2. The van der Waals surface area contributed by atoms with Crippen LogP contribution in [0.3, 0.4) is 0 Å². The fraction of sp³-hybridized carbons (Fsp3) is 0.385. The van der Waals surface area contributed by atoms with E-state index in [1.807, 2.05) is 13.8 Å². The second kappa shape index (κ2) is 6.14. The van der Waals surface area contributed by atoms with Gasteiger partial charge in [-0.25, -0.2) is 4.39 Å². The second-order valence-corrected chi connectivity index (χ2v) is 4.23. The maximum atomic E-state index is 13.5. The summed E-state index contributed by atoms with van der Waals surface area (Å²) >= 11 is 0. The van der Waals surface area contributed by atoms with Gasteiger partial charge >= 0.3 is 0 Å². The normalized spacial score (nSPS) is 12.1. The summed E-state index contributed by atoms with van der Waals surface area (Å²) < 4.78 is 18.7. The van der Waals surface area contributed by atoms with Crippen LogP contribution in [0.5, 0.6) is 5.75 Å². The Morgan fingerprint density at radius 3 is 2.56 bits per heavy atom. The van der Waals surface area contributed by atoms with Crippen molar-refractivity contribution in [2.75, 3.05) is 0 Å². The number of aldehydes is 1. The molecule has 1 unspecified atom stereocenters. The van der Waals surface area contributed by atoms with Gasteiger partial charge in [-0.2, -0.15) is 0 Å². The number of hydrogen-bond donors (Lipinski definition) is 1. The first-order valence-corrected chi connectivity index (χ1v) is 5.65. The maximum Gasteiger partial charge on any atom is 0.260 e. The highest BCUT2D eigenvalue weighted by Crippen LogP contribution is 2.19. The van der Waals surface area contributed by atoms with Crippen molar-refractivity contribution in [1.82, 2.24) is 5.32 Å². The molecule has 0 aromatic heterocycles. The Labute approximate surface area is 105 Å². The molecule has 98 valence electrons. The van der Waals surface area contributed by atoms with Crippen molar-refractivity contribution in [3.8, 4) is 5.75 Å². The Morgan fingerprint density at radius 2 is 2.06 bits per heavy atom. The van der Waals surface area contributed by atoms with Gasteiger partial charge in [0.1, 0.15) is 6.29 Å². The van der Waals surface area contributed by atoms with Crippen LogP contribution in [-0.4, -0.2) is 24.3 Å². The molecule has 1 aromatic carbocycles. The molecule has 5 heteroatoms. The van der Waals surface area contributed by atoms with Crippen LogP contribution < -0.4 is 10.1 Å². The summed E-state index contributed by atoms with van der Waals surface area (Å²) in [5, 5.41) is 2.66. The smallest absolute Gasteiger partial charge is 0.260 e. The number of hydrogen-bond acceptors (Lipinski definition) is 3. The number of amides is 1. The summed E-state index contributed by atoms with van der Waals surface area (Å²) in [6, 6.07) is 3.82. The Morgan fingerprint density at radius 1 is 1.39 bits per heavy atom. The quantitative estimate of drug-likeness (QED) is 0.816. The predicted molar refractivity (Wildman–Crippen MR) is 65.2 cm³/mol. The topological polar surface area (TPSA) is 55.4 Å².